The fourth-order valence-corrected chi connectivity index (χ4v) is 7.75. The van der Waals surface area contributed by atoms with Gasteiger partial charge in [0.2, 0.25) is 5.91 Å². The molecule has 1 aromatic heterocycles. The van der Waals surface area contributed by atoms with Gasteiger partial charge in [-0.2, -0.15) is 0 Å². The second-order valence-electron chi connectivity index (χ2n) is 9.94. The van der Waals surface area contributed by atoms with Gasteiger partial charge in [0.1, 0.15) is 0 Å². The van der Waals surface area contributed by atoms with Crippen LogP contribution in [0.5, 0.6) is 0 Å². The van der Waals surface area contributed by atoms with Crippen molar-refractivity contribution in [1.82, 2.24) is 4.98 Å². The van der Waals surface area contributed by atoms with Crippen LogP contribution in [0, 0.1) is 23.2 Å². The zero-order chi connectivity index (χ0) is 19.4. The first-order chi connectivity index (χ1) is 14.2. The van der Waals surface area contributed by atoms with E-state index in [-0.39, 0.29) is 11.3 Å². The molecule has 152 valence electrons. The quantitative estimate of drug-likeness (QED) is 0.721. The van der Waals surface area contributed by atoms with Gasteiger partial charge in [-0.15, -0.1) is 11.3 Å². The highest BCUT2D eigenvalue weighted by Crippen LogP contribution is 2.60. The normalized spacial score (nSPS) is 32.7. The monoisotopic (exact) mass is 407 g/mol. The molecule has 5 heteroatoms. The number of thiazole rings is 1. The van der Waals surface area contributed by atoms with Crippen LogP contribution < -0.4 is 10.2 Å². The van der Waals surface area contributed by atoms with Crippen LogP contribution in [-0.4, -0.2) is 24.0 Å². The summed E-state index contributed by atoms with van der Waals surface area (Å²) in [7, 11) is 0. The number of nitrogens with zero attached hydrogens (tertiary/aromatic N) is 2. The van der Waals surface area contributed by atoms with Gasteiger partial charge < -0.3 is 10.2 Å². The Labute approximate surface area is 176 Å². The number of hydrogen-bond donors (Lipinski definition) is 1. The second kappa shape index (κ2) is 6.83. The first-order valence-electron chi connectivity index (χ1n) is 11.3. The van der Waals surface area contributed by atoms with Crippen LogP contribution in [0.1, 0.15) is 51.4 Å². The number of rotatable bonds is 4. The Balaban J connectivity index is 1.20. The number of amides is 1. The molecule has 1 amide bonds. The fraction of sp³-hybridized carbons (Fsp3) is 0.583. The van der Waals surface area contributed by atoms with Crippen molar-refractivity contribution < 1.29 is 4.79 Å². The smallest absolute Gasteiger partial charge is 0.230 e. The van der Waals surface area contributed by atoms with Crippen LogP contribution in [0.15, 0.2) is 29.6 Å². The average molecular weight is 408 g/mol. The Hall–Kier alpha value is -1.88. The molecule has 2 heterocycles. The zero-order valence-electron chi connectivity index (χ0n) is 16.9. The lowest BCUT2D eigenvalue weighted by atomic mass is 9.49. The fourth-order valence-electron chi connectivity index (χ4n) is 6.86. The molecular formula is C24H29N3OS. The summed E-state index contributed by atoms with van der Waals surface area (Å²) in [6.07, 6.45) is 9.95. The summed E-state index contributed by atoms with van der Waals surface area (Å²) < 4.78 is 0. The van der Waals surface area contributed by atoms with Gasteiger partial charge >= 0.3 is 0 Å². The minimum atomic E-state index is -0.103. The molecule has 4 nitrogen and oxygen atoms in total. The van der Waals surface area contributed by atoms with E-state index in [9.17, 15) is 4.79 Å². The first-order valence-corrected chi connectivity index (χ1v) is 12.2. The van der Waals surface area contributed by atoms with Crippen molar-refractivity contribution in [1.29, 1.82) is 0 Å². The lowest BCUT2D eigenvalue weighted by Gasteiger charge is -2.55. The van der Waals surface area contributed by atoms with E-state index in [1.165, 1.54) is 32.1 Å². The average Bonchev–Trinajstić information content (AvgIpc) is 3.39. The molecule has 5 aliphatic rings. The van der Waals surface area contributed by atoms with Crippen LogP contribution in [0.2, 0.25) is 0 Å². The van der Waals surface area contributed by atoms with E-state index in [1.54, 1.807) is 11.3 Å². The molecular weight excluding hydrogens is 378 g/mol. The molecule has 4 saturated carbocycles. The molecule has 5 fully saturated rings. The van der Waals surface area contributed by atoms with Crippen molar-refractivity contribution in [2.24, 2.45) is 23.2 Å². The molecule has 0 unspecified atom stereocenters. The number of carbonyl (C=O) groups is 1. The molecule has 4 bridgehead atoms. The minimum absolute atomic E-state index is 0.103. The Bertz CT molecular complexity index is 894. The Morgan fingerprint density at radius 1 is 1.07 bits per heavy atom. The lowest BCUT2D eigenvalue weighted by Crippen LogP contribution is -2.51. The van der Waals surface area contributed by atoms with Gasteiger partial charge in [-0.05, 0) is 81.3 Å². The highest BCUT2D eigenvalue weighted by atomic mass is 32.1. The Morgan fingerprint density at radius 2 is 1.76 bits per heavy atom. The highest BCUT2D eigenvalue weighted by Gasteiger charge is 2.54. The number of benzene rings is 1. The molecule has 1 aromatic carbocycles. The molecule has 1 saturated heterocycles. The van der Waals surface area contributed by atoms with E-state index in [2.05, 4.69) is 27.7 Å². The molecule has 1 N–H and O–H groups in total. The van der Waals surface area contributed by atoms with E-state index in [1.807, 2.05) is 12.1 Å². The molecule has 4 aliphatic carbocycles. The van der Waals surface area contributed by atoms with Gasteiger partial charge in [0.15, 0.2) is 5.13 Å². The van der Waals surface area contributed by atoms with Gasteiger partial charge in [-0.3, -0.25) is 4.79 Å². The largest absolute Gasteiger partial charge is 0.348 e. The van der Waals surface area contributed by atoms with E-state index in [4.69, 9.17) is 4.98 Å². The summed E-state index contributed by atoms with van der Waals surface area (Å²) in [5, 5.41) is 6.57. The zero-order valence-corrected chi connectivity index (χ0v) is 17.7. The summed E-state index contributed by atoms with van der Waals surface area (Å²) >= 11 is 1.73. The summed E-state index contributed by atoms with van der Waals surface area (Å²) in [5.41, 5.74) is 2.92. The Morgan fingerprint density at radius 3 is 2.45 bits per heavy atom. The number of carbonyl (C=O) groups excluding carboxylic acids is 1. The maximum atomic E-state index is 13.4. The standard InChI is InChI=1S/C24H29N3OS/c28-22(24-12-16-8-17(13-24)10-18(9-16)14-24)25-20-5-3-4-19(11-20)21-15-29-23(26-21)27-6-1-2-7-27/h3-5,11,15-18H,1-2,6-10,12-14H2,(H,25,28). The molecule has 2 aromatic rings. The first kappa shape index (κ1) is 17.9. The number of anilines is 2. The van der Waals surface area contributed by atoms with Crippen LogP contribution in [0.25, 0.3) is 11.3 Å². The summed E-state index contributed by atoms with van der Waals surface area (Å²) in [5.74, 6) is 2.64. The molecule has 1 aliphatic heterocycles. The van der Waals surface area contributed by atoms with E-state index >= 15 is 0 Å². The van der Waals surface area contributed by atoms with Crippen molar-refractivity contribution in [3.8, 4) is 11.3 Å². The van der Waals surface area contributed by atoms with Gasteiger partial charge in [0.05, 0.1) is 11.1 Å². The summed E-state index contributed by atoms with van der Waals surface area (Å²) in [6, 6.07) is 8.26. The van der Waals surface area contributed by atoms with Crippen molar-refractivity contribution >= 4 is 28.1 Å². The highest BCUT2D eigenvalue weighted by molar-refractivity contribution is 7.14. The number of hydrogen-bond acceptors (Lipinski definition) is 4. The molecule has 0 atom stereocenters. The van der Waals surface area contributed by atoms with E-state index in [0.717, 1.165) is 72.2 Å². The number of nitrogens with one attached hydrogen (secondary N) is 1. The van der Waals surface area contributed by atoms with Crippen LogP contribution in [-0.2, 0) is 4.79 Å². The van der Waals surface area contributed by atoms with Crippen molar-refractivity contribution in [3.63, 3.8) is 0 Å². The molecule has 29 heavy (non-hydrogen) atoms. The predicted octanol–water partition coefficient (Wildman–Crippen LogP) is 5.57. The summed E-state index contributed by atoms with van der Waals surface area (Å²) in [6.45, 7) is 2.24. The minimum Gasteiger partial charge on any atom is -0.348 e. The predicted molar refractivity (Wildman–Crippen MR) is 118 cm³/mol. The topological polar surface area (TPSA) is 45.2 Å². The van der Waals surface area contributed by atoms with Crippen LogP contribution in [0.4, 0.5) is 10.8 Å². The van der Waals surface area contributed by atoms with Gasteiger partial charge in [-0.25, -0.2) is 4.98 Å². The third-order valence-electron chi connectivity index (χ3n) is 7.80. The van der Waals surface area contributed by atoms with E-state index in [0.29, 0.717) is 0 Å². The van der Waals surface area contributed by atoms with E-state index < -0.39 is 0 Å². The van der Waals surface area contributed by atoms with Crippen LogP contribution >= 0.6 is 11.3 Å². The number of aromatic nitrogens is 1. The SMILES string of the molecule is O=C(Nc1cccc(-c2csc(N3CCCC3)n2)c1)C12CC3CC(CC(C3)C1)C2. The van der Waals surface area contributed by atoms with Gasteiger partial charge in [0.25, 0.3) is 0 Å². The van der Waals surface area contributed by atoms with Gasteiger partial charge in [0, 0.05) is 29.7 Å². The van der Waals surface area contributed by atoms with Crippen molar-refractivity contribution in [2.45, 2.75) is 51.4 Å². The molecule has 0 radical (unpaired) electrons. The lowest BCUT2D eigenvalue weighted by molar-refractivity contribution is -0.140. The summed E-state index contributed by atoms with van der Waals surface area (Å²) in [4.78, 5) is 20.6. The van der Waals surface area contributed by atoms with Crippen LogP contribution in [0.3, 0.4) is 0 Å². The second-order valence-corrected chi connectivity index (χ2v) is 10.8. The Kier molecular flexibility index (Phi) is 4.22. The maximum Gasteiger partial charge on any atom is 0.230 e. The van der Waals surface area contributed by atoms with Crippen molar-refractivity contribution in [2.75, 3.05) is 23.3 Å². The van der Waals surface area contributed by atoms with Crippen molar-refractivity contribution in [3.05, 3.63) is 29.6 Å². The molecule has 0 spiro atoms. The third kappa shape index (κ3) is 3.18. The van der Waals surface area contributed by atoms with Gasteiger partial charge in [-0.1, -0.05) is 12.1 Å². The maximum absolute atomic E-state index is 13.4. The third-order valence-corrected chi connectivity index (χ3v) is 8.71. The molecule has 7 rings (SSSR count).